The summed E-state index contributed by atoms with van der Waals surface area (Å²) in [5.41, 5.74) is 0. The van der Waals surface area contributed by atoms with Gasteiger partial charge in [0.25, 0.3) is 5.91 Å². The quantitative estimate of drug-likeness (QED) is 0.702. The summed E-state index contributed by atoms with van der Waals surface area (Å²) >= 11 is 0. The predicted molar refractivity (Wildman–Crippen MR) is 92.7 cm³/mol. The molecule has 1 saturated heterocycles. The fourth-order valence-electron chi connectivity index (χ4n) is 2.73. The van der Waals surface area contributed by atoms with Crippen LogP contribution in [0.25, 0.3) is 0 Å². The number of nitrogens with zero attached hydrogens (tertiary/aromatic N) is 2. The summed E-state index contributed by atoms with van der Waals surface area (Å²) < 4.78 is 5.42. The van der Waals surface area contributed by atoms with Crippen molar-refractivity contribution < 1.29 is 9.53 Å². The fourth-order valence-corrected chi connectivity index (χ4v) is 2.73. The molecule has 0 aromatic heterocycles. The average molecular weight is 319 g/mol. The molecular formula is C18H29N3O2. The third-order valence-corrected chi connectivity index (χ3v) is 4.25. The molecule has 0 atom stereocenters. The van der Waals surface area contributed by atoms with Crippen LogP contribution in [0.2, 0.25) is 0 Å². The summed E-state index contributed by atoms with van der Waals surface area (Å²) in [4.78, 5) is 16.7. The fraction of sp³-hybridized carbons (Fsp3) is 0.611. The van der Waals surface area contributed by atoms with Gasteiger partial charge in [-0.3, -0.25) is 4.79 Å². The highest BCUT2D eigenvalue weighted by Crippen LogP contribution is 2.07. The second-order valence-corrected chi connectivity index (χ2v) is 5.93. The van der Waals surface area contributed by atoms with Crippen LogP contribution in [-0.2, 0) is 4.79 Å². The summed E-state index contributed by atoms with van der Waals surface area (Å²) in [7, 11) is 0. The third kappa shape index (κ3) is 7.01. The van der Waals surface area contributed by atoms with Crippen molar-refractivity contribution in [2.24, 2.45) is 0 Å². The summed E-state index contributed by atoms with van der Waals surface area (Å²) in [6, 6.07) is 9.42. The number of carbonyl (C=O) groups is 1. The van der Waals surface area contributed by atoms with E-state index in [2.05, 4.69) is 22.0 Å². The first-order valence-corrected chi connectivity index (χ1v) is 8.67. The molecule has 1 aliphatic rings. The Morgan fingerprint density at radius 1 is 1.09 bits per heavy atom. The normalized spacial score (nSPS) is 16.2. The lowest BCUT2D eigenvalue weighted by Gasteiger charge is -2.33. The molecule has 1 fully saturated rings. The van der Waals surface area contributed by atoms with Crippen molar-refractivity contribution in [3.8, 4) is 5.75 Å². The van der Waals surface area contributed by atoms with Crippen molar-refractivity contribution in [2.45, 2.75) is 19.8 Å². The van der Waals surface area contributed by atoms with Gasteiger partial charge in [-0.25, -0.2) is 0 Å². The molecule has 1 heterocycles. The van der Waals surface area contributed by atoms with Gasteiger partial charge in [0.15, 0.2) is 6.61 Å². The van der Waals surface area contributed by atoms with Crippen LogP contribution in [0, 0.1) is 0 Å². The van der Waals surface area contributed by atoms with Gasteiger partial charge in [-0.05, 0) is 38.1 Å². The summed E-state index contributed by atoms with van der Waals surface area (Å²) in [6.45, 7) is 10.0. The molecule has 1 aromatic carbocycles. The number of hydrogen-bond donors (Lipinski definition) is 1. The van der Waals surface area contributed by atoms with Gasteiger partial charge in [-0.2, -0.15) is 0 Å². The van der Waals surface area contributed by atoms with Gasteiger partial charge >= 0.3 is 0 Å². The van der Waals surface area contributed by atoms with Crippen molar-refractivity contribution >= 4 is 5.91 Å². The summed E-state index contributed by atoms with van der Waals surface area (Å²) in [6.07, 6.45) is 2.15. The SMILES string of the molecule is CCN1CCN(CCCCNC(=O)COc2ccccc2)CC1. The topological polar surface area (TPSA) is 44.8 Å². The van der Waals surface area contributed by atoms with Gasteiger partial charge in [0.05, 0.1) is 0 Å². The lowest BCUT2D eigenvalue weighted by Crippen LogP contribution is -2.46. The zero-order valence-electron chi connectivity index (χ0n) is 14.2. The van der Waals surface area contributed by atoms with E-state index in [0.717, 1.165) is 38.2 Å². The largest absolute Gasteiger partial charge is 0.484 e. The molecule has 1 aliphatic heterocycles. The Morgan fingerprint density at radius 3 is 2.48 bits per heavy atom. The molecule has 23 heavy (non-hydrogen) atoms. The standard InChI is InChI=1S/C18H29N3O2/c1-2-20-12-14-21(15-13-20)11-7-6-10-19-18(22)16-23-17-8-4-3-5-9-17/h3-5,8-9H,2,6-7,10-16H2,1H3,(H,19,22). The third-order valence-electron chi connectivity index (χ3n) is 4.25. The molecule has 0 bridgehead atoms. The number of rotatable bonds is 9. The zero-order chi connectivity index (χ0) is 16.3. The first-order chi connectivity index (χ1) is 11.3. The molecule has 0 unspecified atom stereocenters. The van der Waals surface area contributed by atoms with E-state index < -0.39 is 0 Å². The van der Waals surface area contributed by atoms with Crippen LogP contribution in [0.3, 0.4) is 0 Å². The van der Waals surface area contributed by atoms with E-state index in [1.807, 2.05) is 30.3 Å². The summed E-state index contributed by atoms with van der Waals surface area (Å²) in [5, 5.41) is 2.92. The molecule has 0 spiro atoms. The van der Waals surface area contributed by atoms with Crippen LogP contribution < -0.4 is 10.1 Å². The first kappa shape index (κ1) is 17.8. The number of para-hydroxylation sites is 1. The van der Waals surface area contributed by atoms with Crippen molar-refractivity contribution in [1.82, 2.24) is 15.1 Å². The molecule has 2 rings (SSSR count). The Morgan fingerprint density at radius 2 is 1.78 bits per heavy atom. The number of benzene rings is 1. The Hall–Kier alpha value is -1.59. The Balaban J connectivity index is 1.46. The van der Waals surface area contributed by atoms with Crippen LogP contribution in [0.1, 0.15) is 19.8 Å². The molecule has 1 aromatic rings. The average Bonchev–Trinajstić information content (AvgIpc) is 2.61. The maximum absolute atomic E-state index is 11.7. The molecule has 1 amide bonds. The molecule has 0 radical (unpaired) electrons. The number of nitrogens with one attached hydrogen (secondary N) is 1. The minimum atomic E-state index is -0.0505. The van der Waals surface area contributed by atoms with Gasteiger partial charge in [-0.1, -0.05) is 25.1 Å². The van der Waals surface area contributed by atoms with Crippen molar-refractivity contribution in [3.05, 3.63) is 30.3 Å². The van der Waals surface area contributed by atoms with Crippen LogP contribution in [-0.4, -0.2) is 68.1 Å². The number of unbranched alkanes of at least 4 members (excludes halogenated alkanes) is 1. The number of hydrogen-bond acceptors (Lipinski definition) is 4. The monoisotopic (exact) mass is 319 g/mol. The number of likely N-dealkylation sites (N-methyl/N-ethyl adjacent to an activating group) is 1. The van der Waals surface area contributed by atoms with Crippen molar-refractivity contribution in [2.75, 3.05) is 52.4 Å². The highest BCUT2D eigenvalue weighted by Gasteiger charge is 2.14. The van der Waals surface area contributed by atoms with Gasteiger partial charge in [-0.15, -0.1) is 0 Å². The second kappa shape index (κ2) is 10.2. The number of carbonyl (C=O) groups excluding carboxylic acids is 1. The lowest BCUT2D eigenvalue weighted by molar-refractivity contribution is -0.123. The Labute approximate surface area is 139 Å². The molecule has 0 aliphatic carbocycles. The first-order valence-electron chi connectivity index (χ1n) is 8.67. The Bertz CT molecular complexity index is 445. The zero-order valence-corrected chi connectivity index (χ0v) is 14.2. The van der Waals surface area contributed by atoms with Gasteiger partial charge < -0.3 is 19.9 Å². The minimum absolute atomic E-state index is 0.0505. The van der Waals surface area contributed by atoms with Crippen LogP contribution in [0.5, 0.6) is 5.75 Å². The maximum Gasteiger partial charge on any atom is 0.257 e. The molecule has 5 nitrogen and oxygen atoms in total. The van der Waals surface area contributed by atoms with Crippen LogP contribution >= 0.6 is 0 Å². The van der Waals surface area contributed by atoms with Crippen LogP contribution in [0.15, 0.2) is 30.3 Å². The second-order valence-electron chi connectivity index (χ2n) is 5.93. The molecule has 128 valence electrons. The van der Waals surface area contributed by atoms with Crippen LogP contribution in [0.4, 0.5) is 0 Å². The number of ether oxygens (including phenoxy) is 1. The molecule has 5 heteroatoms. The smallest absolute Gasteiger partial charge is 0.257 e. The van der Waals surface area contributed by atoms with E-state index >= 15 is 0 Å². The van der Waals surface area contributed by atoms with Crippen molar-refractivity contribution in [1.29, 1.82) is 0 Å². The molecule has 0 saturated carbocycles. The highest BCUT2D eigenvalue weighted by atomic mass is 16.5. The predicted octanol–water partition coefficient (Wildman–Crippen LogP) is 1.60. The van der Waals surface area contributed by atoms with E-state index in [1.165, 1.54) is 26.2 Å². The summed E-state index contributed by atoms with van der Waals surface area (Å²) in [5.74, 6) is 0.680. The van der Waals surface area contributed by atoms with E-state index in [1.54, 1.807) is 0 Å². The lowest BCUT2D eigenvalue weighted by atomic mass is 10.2. The van der Waals surface area contributed by atoms with Crippen molar-refractivity contribution in [3.63, 3.8) is 0 Å². The number of piperazine rings is 1. The van der Waals surface area contributed by atoms with E-state index in [4.69, 9.17) is 4.74 Å². The van der Waals surface area contributed by atoms with E-state index in [0.29, 0.717) is 0 Å². The van der Waals surface area contributed by atoms with E-state index in [9.17, 15) is 4.79 Å². The molecule has 1 N–H and O–H groups in total. The van der Waals surface area contributed by atoms with Gasteiger partial charge in [0, 0.05) is 32.7 Å². The van der Waals surface area contributed by atoms with Gasteiger partial charge in [0.2, 0.25) is 0 Å². The maximum atomic E-state index is 11.7. The molecular weight excluding hydrogens is 290 g/mol. The highest BCUT2D eigenvalue weighted by molar-refractivity contribution is 5.77. The van der Waals surface area contributed by atoms with Gasteiger partial charge in [0.1, 0.15) is 5.75 Å². The Kier molecular flexibility index (Phi) is 7.90. The van der Waals surface area contributed by atoms with E-state index in [-0.39, 0.29) is 12.5 Å². The number of amides is 1. The minimum Gasteiger partial charge on any atom is -0.484 e.